The van der Waals surface area contributed by atoms with E-state index in [4.69, 9.17) is 20.9 Å². The van der Waals surface area contributed by atoms with Crippen LogP contribution in [0.1, 0.15) is 18.3 Å². The van der Waals surface area contributed by atoms with E-state index in [2.05, 4.69) is 15.2 Å². The number of esters is 1. The lowest BCUT2D eigenvalue weighted by atomic mass is 10.2. The van der Waals surface area contributed by atoms with Crippen molar-refractivity contribution >= 4 is 28.5 Å². The highest BCUT2D eigenvalue weighted by atomic mass is 35.5. The fourth-order valence-corrected chi connectivity index (χ4v) is 3.06. The minimum Gasteiger partial charge on any atom is -0.466 e. The third kappa shape index (κ3) is 3.75. The molecule has 2 heterocycles. The van der Waals surface area contributed by atoms with Crippen molar-refractivity contribution < 1.29 is 14.1 Å². The van der Waals surface area contributed by atoms with E-state index in [-0.39, 0.29) is 18.1 Å². The zero-order valence-corrected chi connectivity index (χ0v) is 15.9. The Bertz CT molecular complexity index is 1120. The van der Waals surface area contributed by atoms with Gasteiger partial charge < -0.3 is 9.26 Å². The molecule has 7 nitrogen and oxygen atoms in total. The third-order valence-electron chi connectivity index (χ3n) is 4.18. The number of hydrogen-bond acceptors (Lipinski definition) is 6. The Morgan fingerprint density at radius 2 is 1.96 bits per heavy atom. The molecule has 8 heteroatoms. The zero-order valence-electron chi connectivity index (χ0n) is 15.1. The van der Waals surface area contributed by atoms with Gasteiger partial charge in [-0.1, -0.05) is 47.1 Å². The van der Waals surface area contributed by atoms with Crippen LogP contribution in [0.5, 0.6) is 0 Å². The Labute approximate surface area is 165 Å². The summed E-state index contributed by atoms with van der Waals surface area (Å²) in [4.78, 5) is 15.9. The van der Waals surface area contributed by atoms with Gasteiger partial charge in [-0.25, -0.2) is 0 Å². The summed E-state index contributed by atoms with van der Waals surface area (Å²) in [5.41, 5.74) is 2.59. The molecule has 0 fully saturated rings. The van der Waals surface area contributed by atoms with Crippen LogP contribution in [0.25, 0.3) is 22.5 Å². The summed E-state index contributed by atoms with van der Waals surface area (Å²) in [5, 5.41) is 10.1. The standard InChI is InChI=1S/C20H17ClN4O3/c1-2-27-18(26)11-17-22-20(28-24-17)19-15-5-3-4-6-16(15)25(23-19)12-13-7-9-14(21)10-8-13/h3-10H,2,11-12H2,1H3. The maximum Gasteiger partial charge on any atom is 0.313 e. The molecular formula is C20H17ClN4O3. The van der Waals surface area contributed by atoms with E-state index in [0.717, 1.165) is 16.5 Å². The Hall–Kier alpha value is -3.19. The smallest absolute Gasteiger partial charge is 0.313 e. The monoisotopic (exact) mass is 396 g/mol. The van der Waals surface area contributed by atoms with Crippen molar-refractivity contribution in [3.8, 4) is 11.6 Å². The molecule has 0 aliphatic rings. The molecule has 0 bridgehead atoms. The maximum atomic E-state index is 11.6. The molecule has 0 saturated carbocycles. The summed E-state index contributed by atoms with van der Waals surface area (Å²) in [7, 11) is 0. The molecule has 28 heavy (non-hydrogen) atoms. The van der Waals surface area contributed by atoms with Gasteiger partial charge in [0.15, 0.2) is 11.5 Å². The molecule has 4 rings (SSSR count). The van der Waals surface area contributed by atoms with Gasteiger partial charge in [0, 0.05) is 10.4 Å². The van der Waals surface area contributed by atoms with Gasteiger partial charge in [-0.2, -0.15) is 10.1 Å². The Morgan fingerprint density at radius 3 is 2.75 bits per heavy atom. The number of halogens is 1. The molecule has 0 amide bonds. The number of hydrogen-bond donors (Lipinski definition) is 0. The Balaban J connectivity index is 1.67. The number of para-hydroxylation sites is 1. The predicted octanol–water partition coefficient (Wildman–Crippen LogP) is 3.89. The van der Waals surface area contributed by atoms with Gasteiger partial charge in [-0.3, -0.25) is 9.48 Å². The molecule has 0 saturated heterocycles. The van der Waals surface area contributed by atoms with Crippen LogP contribution in [0.4, 0.5) is 0 Å². The van der Waals surface area contributed by atoms with E-state index in [1.54, 1.807) is 6.92 Å². The first-order chi connectivity index (χ1) is 13.6. The van der Waals surface area contributed by atoms with Crippen molar-refractivity contribution in [2.24, 2.45) is 0 Å². The topological polar surface area (TPSA) is 83.0 Å². The van der Waals surface area contributed by atoms with Crippen molar-refractivity contribution in [3.63, 3.8) is 0 Å². The van der Waals surface area contributed by atoms with E-state index >= 15 is 0 Å². The van der Waals surface area contributed by atoms with Gasteiger partial charge in [-0.05, 0) is 30.7 Å². The predicted molar refractivity (Wildman–Crippen MR) is 104 cm³/mol. The zero-order chi connectivity index (χ0) is 19.5. The highest BCUT2D eigenvalue weighted by Crippen LogP contribution is 2.27. The van der Waals surface area contributed by atoms with Crippen LogP contribution in [0.2, 0.25) is 5.02 Å². The lowest BCUT2D eigenvalue weighted by Gasteiger charge is -2.03. The SMILES string of the molecule is CCOC(=O)Cc1noc(-c2nn(Cc3ccc(Cl)cc3)c3ccccc23)n1. The summed E-state index contributed by atoms with van der Waals surface area (Å²) in [5.74, 6) is 0.142. The Morgan fingerprint density at radius 1 is 1.18 bits per heavy atom. The lowest BCUT2D eigenvalue weighted by Crippen LogP contribution is -2.08. The van der Waals surface area contributed by atoms with Crippen LogP contribution in [0.3, 0.4) is 0 Å². The van der Waals surface area contributed by atoms with E-state index in [1.807, 2.05) is 53.2 Å². The van der Waals surface area contributed by atoms with E-state index < -0.39 is 5.97 Å². The second kappa shape index (κ2) is 7.82. The van der Waals surface area contributed by atoms with Crippen molar-refractivity contribution in [1.29, 1.82) is 0 Å². The normalized spacial score (nSPS) is 11.1. The lowest BCUT2D eigenvalue weighted by molar-refractivity contribution is -0.142. The molecule has 2 aromatic heterocycles. The second-order valence-electron chi connectivity index (χ2n) is 6.15. The quantitative estimate of drug-likeness (QED) is 0.460. The van der Waals surface area contributed by atoms with Gasteiger partial charge in [0.1, 0.15) is 6.42 Å². The van der Waals surface area contributed by atoms with E-state index in [1.165, 1.54) is 0 Å². The molecule has 0 atom stereocenters. The van der Waals surface area contributed by atoms with Crippen LogP contribution >= 0.6 is 11.6 Å². The molecule has 0 aliphatic heterocycles. The number of carbonyl (C=O) groups excluding carboxylic acids is 1. The summed E-state index contributed by atoms with van der Waals surface area (Å²) < 4.78 is 12.2. The van der Waals surface area contributed by atoms with Crippen molar-refractivity contribution in [2.75, 3.05) is 6.61 Å². The average molecular weight is 397 g/mol. The fourth-order valence-electron chi connectivity index (χ4n) is 2.93. The van der Waals surface area contributed by atoms with Crippen LogP contribution in [0, 0.1) is 0 Å². The molecule has 0 aliphatic carbocycles. The molecule has 0 spiro atoms. The van der Waals surface area contributed by atoms with Crippen LogP contribution in [0.15, 0.2) is 53.1 Å². The first kappa shape index (κ1) is 18.2. The maximum absolute atomic E-state index is 11.6. The summed E-state index contributed by atoms with van der Waals surface area (Å²) in [6.45, 7) is 2.63. The number of rotatable bonds is 6. The number of benzene rings is 2. The molecule has 0 N–H and O–H groups in total. The highest BCUT2D eigenvalue weighted by molar-refractivity contribution is 6.30. The third-order valence-corrected chi connectivity index (χ3v) is 4.43. The number of aromatic nitrogens is 4. The summed E-state index contributed by atoms with van der Waals surface area (Å²) >= 11 is 5.97. The van der Waals surface area contributed by atoms with Crippen LogP contribution < -0.4 is 0 Å². The van der Waals surface area contributed by atoms with Crippen LogP contribution in [-0.4, -0.2) is 32.5 Å². The summed E-state index contributed by atoms with van der Waals surface area (Å²) in [6, 6.07) is 15.4. The van der Waals surface area contributed by atoms with Gasteiger partial charge in [0.25, 0.3) is 5.89 Å². The first-order valence-electron chi connectivity index (χ1n) is 8.82. The number of carbonyl (C=O) groups is 1. The van der Waals surface area contributed by atoms with E-state index in [9.17, 15) is 4.79 Å². The minimum absolute atomic E-state index is 0.0409. The van der Waals surface area contributed by atoms with Gasteiger partial charge in [0.05, 0.1) is 18.7 Å². The molecule has 2 aromatic carbocycles. The number of fused-ring (bicyclic) bond motifs is 1. The Kier molecular flexibility index (Phi) is 5.08. The fraction of sp³-hybridized carbons (Fsp3) is 0.200. The van der Waals surface area contributed by atoms with Crippen molar-refractivity contribution in [3.05, 3.63) is 64.9 Å². The molecule has 0 radical (unpaired) electrons. The average Bonchev–Trinajstić information content (AvgIpc) is 3.29. The molecule has 0 unspecified atom stereocenters. The number of ether oxygens (including phenoxy) is 1. The minimum atomic E-state index is -0.395. The summed E-state index contributed by atoms with van der Waals surface area (Å²) in [6.07, 6.45) is -0.0409. The largest absolute Gasteiger partial charge is 0.466 e. The molecule has 142 valence electrons. The number of nitrogens with zero attached hydrogens (tertiary/aromatic N) is 4. The highest BCUT2D eigenvalue weighted by Gasteiger charge is 2.19. The van der Waals surface area contributed by atoms with Gasteiger partial charge in [0.2, 0.25) is 0 Å². The van der Waals surface area contributed by atoms with Crippen molar-refractivity contribution in [2.45, 2.75) is 19.9 Å². The van der Waals surface area contributed by atoms with Crippen molar-refractivity contribution in [1.82, 2.24) is 19.9 Å². The van der Waals surface area contributed by atoms with Gasteiger partial charge in [-0.15, -0.1) is 0 Å². The first-order valence-corrected chi connectivity index (χ1v) is 9.20. The van der Waals surface area contributed by atoms with E-state index in [0.29, 0.717) is 23.9 Å². The van der Waals surface area contributed by atoms with Gasteiger partial charge >= 0.3 is 5.97 Å². The van der Waals surface area contributed by atoms with Crippen LogP contribution in [-0.2, 0) is 22.5 Å². The second-order valence-corrected chi connectivity index (χ2v) is 6.58. The molecular weight excluding hydrogens is 380 g/mol. The molecule has 4 aromatic rings.